The van der Waals surface area contributed by atoms with Gasteiger partial charge in [-0.1, -0.05) is 0 Å². The lowest BCUT2D eigenvalue weighted by Gasteiger charge is -2.27. The molecule has 0 unspecified atom stereocenters. The molecule has 124 valence electrons. The van der Waals surface area contributed by atoms with Gasteiger partial charge < -0.3 is 14.0 Å². The van der Waals surface area contributed by atoms with Crippen molar-refractivity contribution in [2.24, 2.45) is 0 Å². The van der Waals surface area contributed by atoms with Gasteiger partial charge in [-0.3, -0.25) is 0 Å². The number of hydrogen-bond acceptors (Lipinski definition) is 6. The Kier molecular flexibility index (Phi) is 3.99. The molecular formula is C14H18N4O4S. The van der Waals surface area contributed by atoms with E-state index in [4.69, 9.17) is 9.47 Å². The molecule has 1 aliphatic heterocycles. The average Bonchev–Trinajstić information content (AvgIpc) is 2.94. The van der Waals surface area contributed by atoms with Gasteiger partial charge in [0.25, 0.3) is 0 Å². The van der Waals surface area contributed by atoms with Gasteiger partial charge >= 0.3 is 0 Å². The van der Waals surface area contributed by atoms with Gasteiger partial charge in [-0.15, -0.1) is 10.2 Å². The number of methoxy groups -OCH3 is 2. The Labute approximate surface area is 134 Å². The van der Waals surface area contributed by atoms with Gasteiger partial charge in [0.1, 0.15) is 11.6 Å². The third-order valence-electron chi connectivity index (χ3n) is 3.90. The van der Waals surface area contributed by atoms with Gasteiger partial charge in [-0.2, -0.15) is 4.31 Å². The second-order valence-electron chi connectivity index (χ2n) is 5.17. The average molecular weight is 338 g/mol. The summed E-state index contributed by atoms with van der Waals surface area (Å²) in [5.41, 5.74) is 0. The molecule has 0 aliphatic carbocycles. The molecule has 0 atom stereocenters. The van der Waals surface area contributed by atoms with Crippen LogP contribution >= 0.6 is 0 Å². The Morgan fingerprint density at radius 3 is 2.52 bits per heavy atom. The minimum atomic E-state index is -3.64. The van der Waals surface area contributed by atoms with Crippen molar-refractivity contribution in [3.05, 3.63) is 29.8 Å². The van der Waals surface area contributed by atoms with E-state index in [-0.39, 0.29) is 11.4 Å². The zero-order chi connectivity index (χ0) is 16.6. The van der Waals surface area contributed by atoms with E-state index in [1.54, 1.807) is 6.07 Å². The van der Waals surface area contributed by atoms with Crippen LogP contribution in [0, 0.1) is 6.92 Å². The van der Waals surface area contributed by atoms with Gasteiger partial charge in [0.15, 0.2) is 11.5 Å². The van der Waals surface area contributed by atoms with Gasteiger partial charge in [-0.05, 0) is 19.1 Å². The van der Waals surface area contributed by atoms with Crippen LogP contribution in [0.5, 0.6) is 11.5 Å². The van der Waals surface area contributed by atoms with E-state index in [2.05, 4.69) is 10.2 Å². The second-order valence-corrected chi connectivity index (χ2v) is 7.11. The molecule has 0 spiro atoms. The molecule has 0 saturated carbocycles. The third-order valence-corrected chi connectivity index (χ3v) is 5.74. The van der Waals surface area contributed by atoms with Crippen molar-refractivity contribution in [1.29, 1.82) is 0 Å². The van der Waals surface area contributed by atoms with Crippen LogP contribution in [0.15, 0.2) is 23.1 Å². The number of ether oxygens (including phenoxy) is 2. The summed E-state index contributed by atoms with van der Waals surface area (Å²) in [6.07, 6.45) is 0. The number of aryl methyl sites for hydroxylation is 1. The fraction of sp³-hybridized carbons (Fsp3) is 0.429. The van der Waals surface area contributed by atoms with Crippen molar-refractivity contribution in [2.45, 2.75) is 24.9 Å². The fourth-order valence-electron chi connectivity index (χ4n) is 2.61. The van der Waals surface area contributed by atoms with Crippen LogP contribution in [0.1, 0.15) is 11.6 Å². The minimum Gasteiger partial charge on any atom is -0.493 e. The molecule has 3 rings (SSSR count). The Morgan fingerprint density at radius 1 is 1.09 bits per heavy atom. The highest BCUT2D eigenvalue weighted by atomic mass is 32.2. The first-order valence-electron chi connectivity index (χ1n) is 7.08. The molecule has 0 fully saturated rings. The number of benzene rings is 1. The topological polar surface area (TPSA) is 86.6 Å². The molecule has 2 heterocycles. The largest absolute Gasteiger partial charge is 0.493 e. The minimum absolute atomic E-state index is 0.167. The SMILES string of the molecule is COc1ccc(S(=O)(=O)N2CCn3c(C)nnc3C2)cc1OC. The second kappa shape index (κ2) is 5.82. The first-order valence-corrected chi connectivity index (χ1v) is 8.52. The fourth-order valence-corrected chi connectivity index (χ4v) is 4.01. The number of hydrogen-bond donors (Lipinski definition) is 0. The normalized spacial score (nSPS) is 15.3. The maximum atomic E-state index is 12.8. The molecule has 0 amide bonds. The van der Waals surface area contributed by atoms with Crippen molar-refractivity contribution < 1.29 is 17.9 Å². The van der Waals surface area contributed by atoms with Crippen LogP contribution in [0.2, 0.25) is 0 Å². The Bertz CT molecular complexity index is 831. The van der Waals surface area contributed by atoms with Crippen molar-refractivity contribution in [3.8, 4) is 11.5 Å². The van der Waals surface area contributed by atoms with E-state index in [0.717, 1.165) is 5.82 Å². The van der Waals surface area contributed by atoms with E-state index in [0.29, 0.717) is 30.4 Å². The van der Waals surface area contributed by atoms with Crippen LogP contribution in [0.4, 0.5) is 0 Å². The Balaban J connectivity index is 1.93. The number of rotatable bonds is 4. The predicted octanol–water partition coefficient (Wildman–Crippen LogP) is 0.808. The first-order chi connectivity index (χ1) is 11.0. The van der Waals surface area contributed by atoms with Crippen LogP contribution in [-0.2, 0) is 23.1 Å². The van der Waals surface area contributed by atoms with E-state index < -0.39 is 10.0 Å². The Hall–Kier alpha value is -2.13. The first kappa shape index (κ1) is 15.8. The quantitative estimate of drug-likeness (QED) is 0.820. The number of aromatic nitrogens is 3. The highest BCUT2D eigenvalue weighted by Gasteiger charge is 2.30. The summed E-state index contributed by atoms with van der Waals surface area (Å²) in [7, 11) is -0.658. The molecule has 0 bridgehead atoms. The van der Waals surface area contributed by atoms with Crippen molar-refractivity contribution in [3.63, 3.8) is 0 Å². The van der Waals surface area contributed by atoms with E-state index in [9.17, 15) is 8.42 Å². The van der Waals surface area contributed by atoms with E-state index in [1.165, 1.54) is 30.7 Å². The highest BCUT2D eigenvalue weighted by Crippen LogP contribution is 2.31. The van der Waals surface area contributed by atoms with E-state index in [1.807, 2.05) is 11.5 Å². The molecule has 1 aliphatic rings. The van der Waals surface area contributed by atoms with Crippen LogP contribution < -0.4 is 9.47 Å². The number of nitrogens with zero attached hydrogens (tertiary/aromatic N) is 4. The van der Waals surface area contributed by atoms with Crippen molar-refractivity contribution in [2.75, 3.05) is 20.8 Å². The van der Waals surface area contributed by atoms with Crippen molar-refractivity contribution in [1.82, 2.24) is 19.1 Å². The summed E-state index contributed by atoms with van der Waals surface area (Å²) in [6, 6.07) is 4.57. The molecule has 23 heavy (non-hydrogen) atoms. The van der Waals surface area contributed by atoms with Crippen LogP contribution in [-0.4, -0.2) is 48.3 Å². The van der Waals surface area contributed by atoms with Crippen molar-refractivity contribution >= 4 is 10.0 Å². The lowest BCUT2D eigenvalue weighted by Crippen LogP contribution is -2.38. The van der Waals surface area contributed by atoms with Gasteiger partial charge in [0.2, 0.25) is 10.0 Å². The third kappa shape index (κ3) is 2.66. The summed E-state index contributed by atoms with van der Waals surface area (Å²) in [5, 5.41) is 8.03. The number of fused-ring (bicyclic) bond motifs is 1. The maximum absolute atomic E-state index is 12.8. The molecule has 8 nitrogen and oxygen atoms in total. The molecular weight excluding hydrogens is 320 g/mol. The zero-order valence-electron chi connectivity index (χ0n) is 13.2. The molecule has 9 heteroatoms. The smallest absolute Gasteiger partial charge is 0.243 e. The molecule has 0 N–H and O–H groups in total. The maximum Gasteiger partial charge on any atom is 0.243 e. The monoisotopic (exact) mass is 338 g/mol. The van der Waals surface area contributed by atoms with Crippen LogP contribution in [0.25, 0.3) is 0 Å². The molecule has 2 aromatic rings. The van der Waals surface area contributed by atoms with Crippen LogP contribution in [0.3, 0.4) is 0 Å². The van der Waals surface area contributed by atoms with Gasteiger partial charge in [0, 0.05) is 19.2 Å². The lowest BCUT2D eigenvalue weighted by molar-refractivity contribution is 0.332. The van der Waals surface area contributed by atoms with Gasteiger partial charge in [0.05, 0.1) is 25.7 Å². The summed E-state index contributed by atoms with van der Waals surface area (Å²) in [6.45, 7) is 2.98. The standard InChI is InChI=1S/C14H18N4O4S/c1-10-15-16-14-9-17(6-7-18(10)14)23(19,20)11-4-5-12(21-2)13(8-11)22-3/h4-5,8H,6-7,9H2,1-3H3. The zero-order valence-corrected chi connectivity index (χ0v) is 14.0. The molecule has 0 saturated heterocycles. The molecule has 1 aromatic heterocycles. The number of sulfonamides is 1. The van der Waals surface area contributed by atoms with E-state index >= 15 is 0 Å². The summed E-state index contributed by atoms with van der Waals surface area (Å²) in [5.74, 6) is 2.31. The summed E-state index contributed by atoms with van der Waals surface area (Å²) >= 11 is 0. The Morgan fingerprint density at radius 2 is 1.83 bits per heavy atom. The predicted molar refractivity (Wildman–Crippen MR) is 81.9 cm³/mol. The molecule has 1 aromatic carbocycles. The van der Waals surface area contributed by atoms with Gasteiger partial charge in [-0.25, -0.2) is 8.42 Å². The highest BCUT2D eigenvalue weighted by molar-refractivity contribution is 7.89. The summed E-state index contributed by atoms with van der Waals surface area (Å²) in [4.78, 5) is 0.167. The summed E-state index contributed by atoms with van der Waals surface area (Å²) < 4.78 is 39.3. The molecule has 0 radical (unpaired) electrons. The lowest BCUT2D eigenvalue weighted by atomic mass is 10.3.